The van der Waals surface area contributed by atoms with Crippen molar-refractivity contribution >= 4 is 5.97 Å². The van der Waals surface area contributed by atoms with Gasteiger partial charge in [-0.05, 0) is 13.0 Å². The maximum absolute atomic E-state index is 13.9. The molecule has 24 heavy (non-hydrogen) atoms. The lowest BCUT2D eigenvalue weighted by Gasteiger charge is -2.15. The number of benzene rings is 1. The number of nitrogens with zero attached hydrogens (tertiary/aromatic N) is 2. The van der Waals surface area contributed by atoms with E-state index in [9.17, 15) is 18.0 Å². The molecule has 2 aromatic rings. The Morgan fingerprint density at radius 1 is 1.33 bits per heavy atom. The molecular formula is C16H16F3N3O2. The van der Waals surface area contributed by atoms with Gasteiger partial charge >= 0.3 is 5.97 Å². The smallest absolute Gasteiger partial charge is 0.359 e. The van der Waals surface area contributed by atoms with Gasteiger partial charge in [-0.1, -0.05) is 6.07 Å². The molecule has 0 unspecified atom stereocenters. The first kappa shape index (κ1) is 16.5. The standard InChI is InChI=1S/C16H16F3N3O2/c1-2-24-16(23)15-10-7-20-6-5-12(10)22(21-15)8-9-3-4-11(17)14(19)13(9)18/h3-4,20H,2,5-8H2,1H3. The van der Waals surface area contributed by atoms with E-state index in [1.807, 2.05) is 0 Å². The highest BCUT2D eigenvalue weighted by Crippen LogP contribution is 2.22. The monoisotopic (exact) mass is 339 g/mol. The molecular weight excluding hydrogens is 323 g/mol. The fourth-order valence-corrected chi connectivity index (χ4v) is 2.76. The van der Waals surface area contributed by atoms with Gasteiger partial charge in [0, 0.05) is 36.3 Å². The Morgan fingerprint density at radius 3 is 2.88 bits per heavy atom. The minimum atomic E-state index is -1.51. The molecule has 0 bridgehead atoms. The predicted octanol–water partition coefficient (Wildman–Crippen LogP) is 2.17. The molecule has 0 amide bonds. The van der Waals surface area contributed by atoms with Crippen molar-refractivity contribution < 1.29 is 22.7 Å². The second-order valence-corrected chi connectivity index (χ2v) is 5.41. The summed E-state index contributed by atoms with van der Waals surface area (Å²) in [5.74, 6) is -4.55. The third kappa shape index (κ3) is 2.89. The number of hydrogen-bond acceptors (Lipinski definition) is 4. The Balaban J connectivity index is 1.99. The number of hydrogen-bond donors (Lipinski definition) is 1. The first-order chi connectivity index (χ1) is 11.5. The molecule has 0 aliphatic carbocycles. The third-order valence-electron chi connectivity index (χ3n) is 3.91. The van der Waals surface area contributed by atoms with Gasteiger partial charge in [-0.25, -0.2) is 18.0 Å². The molecule has 0 fully saturated rings. The van der Waals surface area contributed by atoms with Crippen molar-refractivity contribution in [2.45, 2.75) is 26.4 Å². The predicted molar refractivity (Wildman–Crippen MR) is 79.0 cm³/mol. The normalized spacial score (nSPS) is 13.7. The number of rotatable bonds is 4. The van der Waals surface area contributed by atoms with Gasteiger partial charge in [-0.3, -0.25) is 4.68 Å². The Labute approximate surface area is 136 Å². The van der Waals surface area contributed by atoms with E-state index < -0.39 is 23.4 Å². The summed E-state index contributed by atoms with van der Waals surface area (Å²) in [6.45, 7) is 2.94. The molecule has 128 valence electrons. The number of halogens is 3. The summed E-state index contributed by atoms with van der Waals surface area (Å²) in [5, 5.41) is 7.36. The fraction of sp³-hybridized carbons (Fsp3) is 0.375. The lowest BCUT2D eigenvalue weighted by Crippen LogP contribution is -2.26. The van der Waals surface area contributed by atoms with Crippen molar-refractivity contribution in [3.63, 3.8) is 0 Å². The van der Waals surface area contributed by atoms with E-state index in [1.54, 1.807) is 6.92 Å². The van der Waals surface area contributed by atoms with Crippen molar-refractivity contribution in [3.8, 4) is 0 Å². The van der Waals surface area contributed by atoms with Gasteiger partial charge in [0.05, 0.1) is 13.2 Å². The van der Waals surface area contributed by atoms with Crippen LogP contribution in [0.5, 0.6) is 0 Å². The summed E-state index contributed by atoms with van der Waals surface area (Å²) in [7, 11) is 0. The zero-order valence-corrected chi connectivity index (χ0v) is 13.0. The summed E-state index contributed by atoms with van der Waals surface area (Å²) in [5.41, 5.74) is 1.60. The van der Waals surface area contributed by atoms with E-state index in [2.05, 4.69) is 10.4 Å². The van der Waals surface area contributed by atoms with Gasteiger partial charge < -0.3 is 10.1 Å². The Morgan fingerprint density at radius 2 is 2.12 bits per heavy atom. The van der Waals surface area contributed by atoms with Crippen LogP contribution in [0.4, 0.5) is 13.2 Å². The highest BCUT2D eigenvalue weighted by Gasteiger charge is 2.26. The van der Waals surface area contributed by atoms with Gasteiger partial charge in [-0.2, -0.15) is 5.10 Å². The number of ether oxygens (including phenoxy) is 1. The Kier molecular flexibility index (Phi) is 4.57. The van der Waals surface area contributed by atoms with Crippen molar-refractivity contribution in [1.82, 2.24) is 15.1 Å². The van der Waals surface area contributed by atoms with E-state index in [-0.39, 0.29) is 24.4 Å². The second-order valence-electron chi connectivity index (χ2n) is 5.41. The summed E-state index contributed by atoms with van der Waals surface area (Å²) in [6.07, 6.45) is 0.590. The zero-order valence-electron chi connectivity index (χ0n) is 13.0. The van der Waals surface area contributed by atoms with Gasteiger partial charge in [0.15, 0.2) is 23.1 Å². The molecule has 1 aliphatic heterocycles. The van der Waals surface area contributed by atoms with Gasteiger partial charge in [0.25, 0.3) is 0 Å². The lowest BCUT2D eigenvalue weighted by molar-refractivity contribution is 0.0517. The molecule has 1 aromatic carbocycles. The largest absolute Gasteiger partial charge is 0.461 e. The Bertz CT molecular complexity index is 789. The summed E-state index contributed by atoms with van der Waals surface area (Å²) >= 11 is 0. The van der Waals surface area contributed by atoms with Crippen molar-refractivity contribution in [2.24, 2.45) is 0 Å². The quantitative estimate of drug-likeness (QED) is 0.685. The number of nitrogens with one attached hydrogen (secondary N) is 1. The highest BCUT2D eigenvalue weighted by molar-refractivity contribution is 5.89. The molecule has 1 aromatic heterocycles. The van der Waals surface area contributed by atoms with Crippen LogP contribution in [-0.4, -0.2) is 28.9 Å². The van der Waals surface area contributed by atoms with E-state index in [0.29, 0.717) is 25.1 Å². The Hall–Kier alpha value is -2.35. The molecule has 0 saturated heterocycles. The highest BCUT2D eigenvalue weighted by atomic mass is 19.2. The van der Waals surface area contributed by atoms with Crippen molar-refractivity contribution in [3.05, 3.63) is 52.1 Å². The molecule has 3 rings (SSSR count). The summed E-state index contributed by atoms with van der Waals surface area (Å²) in [4.78, 5) is 12.0. The molecule has 0 saturated carbocycles. The number of fused-ring (bicyclic) bond motifs is 1. The lowest BCUT2D eigenvalue weighted by atomic mass is 10.1. The maximum atomic E-state index is 13.9. The molecule has 8 heteroatoms. The van der Waals surface area contributed by atoms with Crippen LogP contribution in [-0.2, 0) is 24.2 Å². The molecule has 0 spiro atoms. The molecule has 2 heterocycles. The molecule has 0 radical (unpaired) electrons. The van der Waals surface area contributed by atoms with Crippen LogP contribution in [0, 0.1) is 17.5 Å². The number of aromatic nitrogens is 2. The third-order valence-corrected chi connectivity index (χ3v) is 3.91. The summed E-state index contributed by atoms with van der Waals surface area (Å²) < 4.78 is 46.8. The molecule has 1 aliphatic rings. The number of esters is 1. The van der Waals surface area contributed by atoms with Crippen LogP contribution < -0.4 is 5.32 Å². The number of carbonyl (C=O) groups is 1. The average molecular weight is 339 g/mol. The van der Waals surface area contributed by atoms with Gasteiger partial charge in [-0.15, -0.1) is 0 Å². The van der Waals surface area contributed by atoms with Crippen molar-refractivity contribution in [1.29, 1.82) is 0 Å². The topological polar surface area (TPSA) is 56.1 Å². The van der Waals surface area contributed by atoms with Crippen LogP contribution in [0.1, 0.15) is 34.2 Å². The van der Waals surface area contributed by atoms with Gasteiger partial charge in [0.2, 0.25) is 0 Å². The van der Waals surface area contributed by atoms with Crippen LogP contribution in [0.25, 0.3) is 0 Å². The first-order valence-corrected chi connectivity index (χ1v) is 7.61. The van der Waals surface area contributed by atoms with Crippen molar-refractivity contribution in [2.75, 3.05) is 13.2 Å². The molecule has 5 nitrogen and oxygen atoms in total. The summed E-state index contributed by atoms with van der Waals surface area (Å²) in [6, 6.07) is 2.05. The van der Waals surface area contributed by atoms with Gasteiger partial charge in [0.1, 0.15) is 0 Å². The van der Waals surface area contributed by atoms with E-state index in [0.717, 1.165) is 11.8 Å². The van der Waals surface area contributed by atoms with Crippen LogP contribution in [0.15, 0.2) is 12.1 Å². The van der Waals surface area contributed by atoms with E-state index >= 15 is 0 Å². The second kappa shape index (κ2) is 6.64. The fourth-order valence-electron chi connectivity index (χ4n) is 2.76. The minimum Gasteiger partial charge on any atom is -0.461 e. The van der Waals surface area contributed by atoms with Crippen LogP contribution in [0.2, 0.25) is 0 Å². The SMILES string of the molecule is CCOC(=O)c1nn(Cc2ccc(F)c(F)c2F)c2c1CNCC2. The van der Waals surface area contributed by atoms with E-state index in [4.69, 9.17) is 4.74 Å². The zero-order chi connectivity index (χ0) is 17.3. The minimum absolute atomic E-state index is 0.0341. The number of carbonyl (C=O) groups excluding carboxylic acids is 1. The maximum Gasteiger partial charge on any atom is 0.359 e. The van der Waals surface area contributed by atoms with Crippen LogP contribution in [0.3, 0.4) is 0 Å². The molecule has 1 N–H and O–H groups in total. The van der Waals surface area contributed by atoms with Crippen LogP contribution >= 0.6 is 0 Å². The first-order valence-electron chi connectivity index (χ1n) is 7.61. The average Bonchev–Trinajstić information content (AvgIpc) is 2.95. The molecule has 0 atom stereocenters. The van der Waals surface area contributed by atoms with E-state index in [1.165, 1.54) is 10.7 Å².